The van der Waals surface area contributed by atoms with E-state index in [1.54, 1.807) is 6.08 Å². The third kappa shape index (κ3) is 47.1. The maximum atomic E-state index is 12.4. The number of aliphatic hydroxyl groups is 2. The van der Waals surface area contributed by atoms with E-state index >= 15 is 0 Å². The van der Waals surface area contributed by atoms with Crippen LogP contribution in [0.1, 0.15) is 264 Å². The van der Waals surface area contributed by atoms with E-state index in [4.69, 9.17) is 4.74 Å². The number of hydrogen-bond acceptors (Lipinski definition) is 5. The molecular weight excluding hydrogens is 755 g/mol. The van der Waals surface area contributed by atoms with Gasteiger partial charge in [-0.1, -0.05) is 217 Å². The number of hydrogen-bond donors (Lipinski definition) is 3. The van der Waals surface area contributed by atoms with Gasteiger partial charge < -0.3 is 20.3 Å². The number of esters is 1. The van der Waals surface area contributed by atoms with Crippen LogP contribution < -0.4 is 5.32 Å². The van der Waals surface area contributed by atoms with Crippen molar-refractivity contribution in [2.75, 3.05) is 13.2 Å². The maximum Gasteiger partial charge on any atom is 0.305 e. The summed E-state index contributed by atoms with van der Waals surface area (Å²) in [6.07, 6.45) is 62.5. The van der Waals surface area contributed by atoms with Crippen LogP contribution in [0.2, 0.25) is 0 Å². The van der Waals surface area contributed by atoms with Gasteiger partial charge in [0.15, 0.2) is 0 Å². The number of carbonyl (C=O) groups excluding carboxylic acids is 2. The fourth-order valence-electron chi connectivity index (χ4n) is 7.72. The van der Waals surface area contributed by atoms with Crippen molar-refractivity contribution in [2.45, 2.75) is 276 Å². The number of ether oxygens (including phenoxy) is 1. The Hall–Kier alpha value is -2.18. The summed E-state index contributed by atoms with van der Waals surface area (Å²) in [5, 5.41) is 23.1. The molecule has 0 saturated carbocycles. The van der Waals surface area contributed by atoms with Gasteiger partial charge in [0, 0.05) is 12.8 Å². The molecule has 2 atom stereocenters. The van der Waals surface area contributed by atoms with Gasteiger partial charge in [0.05, 0.1) is 25.4 Å². The minimum absolute atomic E-state index is 0.0300. The van der Waals surface area contributed by atoms with E-state index < -0.39 is 12.1 Å². The molecule has 0 saturated heterocycles. The maximum absolute atomic E-state index is 12.4. The second kappa shape index (κ2) is 50.5. The molecule has 3 N–H and O–H groups in total. The van der Waals surface area contributed by atoms with Crippen LogP contribution in [0, 0.1) is 0 Å². The second-order valence-corrected chi connectivity index (χ2v) is 17.8. The standard InChI is InChI=1S/C55H101NO5/c1-3-5-7-9-11-13-15-17-18-19-20-21-24-27-31-35-39-43-47-53(58)52(51-57)56-54(59)48-44-40-36-32-28-25-22-26-30-34-38-42-46-50-61-55(60)49-45-41-37-33-29-23-16-14-12-10-8-6-4-2/h8,10,14,16,25,28,43,47,52-53,57-58H,3-7,9,11-13,15,17-24,26-27,29-42,44-46,48-51H2,1-2H3,(H,56,59)/b10-8-,16-14-,28-25-,47-43+. The van der Waals surface area contributed by atoms with Gasteiger partial charge in [-0.15, -0.1) is 0 Å². The molecule has 61 heavy (non-hydrogen) atoms. The predicted molar refractivity (Wildman–Crippen MR) is 264 cm³/mol. The summed E-state index contributed by atoms with van der Waals surface area (Å²) < 4.78 is 5.44. The number of carbonyl (C=O) groups is 2. The first-order chi connectivity index (χ1) is 30.0. The van der Waals surface area contributed by atoms with Gasteiger partial charge >= 0.3 is 5.97 Å². The molecule has 0 aliphatic heterocycles. The molecule has 0 radical (unpaired) electrons. The molecule has 0 fully saturated rings. The Morgan fingerprint density at radius 1 is 0.459 bits per heavy atom. The van der Waals surface area contributed by atoms with Crippen LogP contribution in [0.4, 0.5) is 0 Å². The molecule has 0 aromatic heterocycles. The average molecular weight is 856 g/mol. The molecule has 0 heterocycles. The lowest BCUT2D eigenvalue weighted by molar-refractivity contribution is -0.143. The van der Waals surface area contributed by atoms with Gasteiger partial charge in [-0.25, -0.2) is 0 Å². The van der Waals surface area contributed by atoms with Crippen LogP contribution in [-0.2, 0) is 14.3 Å². The number of allylic oxidation sites excluding steroid dienone is 7. The van der Waals surface area contributed by atoms with Crippen LogP contribution in [0.15, 0.2) is 48.6 Å². The normalized spacial score (nSPS) is 13.0. The third-order valence-electron chi connectivity index (χ3n) is 11.8. The summed E-state index contributed by atoms with van der Waals surface area (Å²) in [5.41, 5.74) is 0. The zero-order valence-corrected chi connectivity index (χ0v) is 40.4. The summed E-state index contributed by atoms with van der Waals surface area (Å²) >= 11 is 0. The van der Waals surface area contributed by atoms with Crippen LogP contribution in [0.3, 0.4) is 0 Å². The molecule has 0 bridgehead atoms. The van der Waals surface area contributed by atoms with Crippen molar-refractivity contribution in [2.24, 2.45) is 0 Å². The van der Waals surface area contributed by atoms with Gasteiger partial charge in [0.25, 0.3) is 0 Å². The molecule has 6 nitrogen and oxygen atoms in total. The van der Waals surface area contributed by atoms with E-state index in [1.807, 2.05) is 6.08 Å². The van der Waals surface area contributed by atoms with Gasteiger partial charge in [-0.2, -0.15) is 0 Å². The lowest BCUT2D eigenvalue weighted by atomic mass is 10.0. The van der Waals surface area contributed by atoms with Crippen molar-refractivity contribution >= 4 is 11.9 Å². The molecule has 0 aliphatic rings. The Kier molecular flexibility index (Phi) is 48.7. The van der Waals surface area contributed by atoms with Crippen molar-refractivity contribution in [3.8, 4) is 0 Å². The first-order valence-corrected chi connectivity index (χ1v) is 26.4. The lowest BCUT2D eigenvalue weighted by Crippen LogP contribution is -2.45. The highest BCUT2D eigenvalue weighted by molar-refractivity contribution is 5.76. The van der Waals surface area contributed by atoms with Crippen molar-refractivity contribution in [1.82, 2.24) is 5.32 Å². The van der Waals surface area contributed by atoms with Crippen LogP contribution in [0.25, 0.3) is 0 Å². The van der Waals surface area contributed by atoms with Crippen molar-refractivity contribution in [1.29, 1.82) is 0 Å². The monoisotopic (exact) mass is 856 g/mol. The van der Waals surface area contributed by atoms with Gasteiger partial charge in [-0.05, 0) is 83.5 Å². The third-order valence-corrected chi connectivity index (χ3v) is 11.8. The minimum atomic E-state index is -0.863. The zero-order valence-electron chi connectivity index (χ0n) is 40.4. The van der Waals surface area contributed by atoms with Crippen molar-refractivity contribution < 1.29 is 24.5 Å². The molecule has 0 aromatic carbocycles. The topological polar surface area (TPSA) is 95.9 Å². The zero-order chi connectivity index (χ0) is 44.4. The Morgan fingerprint density at radius 2 is 0.852 bits per heavy atom. The Balaban J connectivity index is 3.56. The van der Waals surface area contributed by atoms with Crippen LogP contribution in [-0.4, -0.2) is 47.4 Å². The largest absolute Gasteiger partial charge is 0.466 e. The van der Waals surface area contributed by atoms with Crippen molar-refractivity contribution in [3.05, 3.63) is 48.6 Å². The van der Waals surface area contributed by atoms with E-state index in [0.717, 1.165) is 83.5 Å². The van der Waals surface area contributed by atoms with E-state index in [-0.39, 0.29) is 18.5 Å². The fraction of sp³-hybridized carbons (Fsp3) is 0.818. The first kappa shape index (κ1) is 58.8. The van der Waals surface area contributed by atoms with E-state index in [1.165, 1.54) is 154 Å². The molecule has 356 valence electrons. The summed E-state index contributed by atoms with van der Waals surface area (Å²) in [6, 6.07) is -0.650. The van der Waals surface area contributed by atoms with Crippen molar-refractivity contribution in [3.63, 3.8) is 0 Å². The number of unbranched alkanes of at least 4 members (excludes halogenated alkanes) is 31. The summed E-state index contributed by atoms with van der Waals surface area (Å²) in [6.45, 7) is 4.78. The summed E-state index contributed by atoms with van der Waals surface area (Å²) in [5.74, 6) is -0.129. The highest BCUT2D eigenvalue weighted by Gasteiger charge is 2.18. The highest BCUT2D eigenvalue weighted by atomic mass is 16.5. The number of amides is 1. The smallest absolute Gasteiger partial charge is 0.305 e. The van der Waals surface area contributed by atoms with Gasteiger partial charge in [-0.3, -0.25) is 9.59 Å². The summed E-state index contributed by atoms with van der Waals surface area (Å²) in [4.78, 5) is 24.4. The average Bonchev–Trinajstić information content (AvgIpc) is 3.26. The quantitative estimate of drug-likeness (QED) is 0.0322. The minimum Gasteiger partial charge on any atom is -0.466 e. The number of nitrogens with one attached hydrogen (secondary N) is 1. The van der Waals surface area contributed by atoms with Gasteiger partial charge in [0.1, 0.15) is 0 Å². The lowest BCUT2D eigenvalue weighted by Gasteiger charge is -2.19. The SMILES string of the molecule is CCC/C=C\C/C=C\CCCCCCCC(=O)OCCCCCCCC/C=C\CCCCCC(=O)NC(CO)C(O)/C=C/CCCCCCCCCCCCCCCCCC. The number of aliphatic hydroxyl groups excluding tert-OH is 2. The fourth-order valence-corrected chi connectivity index (χ4v) is 7.72. The molecular formula is C55H101NO5. The molecule has 1 amide bonds. The van der Waals surface area contributed by atoms with E-state index in [2.05, 4.69) is 55.6 Å². The summed E-state index contributed by atoms with van der Waals surface area (Å²) in [7, 11) is 0. The second-order valence-electron chi connectivity index (χ2n) is 17.8. The van der Waals surface area contributed by atoms with Gasteiger partial charge in [0.2, 0.25) is 5.91 Å². The molecule has 0 spiro atoms. The Bertz CT molecular complexity index is 1040. The Morgan fingerprint density at radius 3 is 1.34 bits per heavy atom. The van der Waals surface area contributed by atoms with Crippen LogP contribution >= 0.6 is 0 Å². The highest BCUT2D eigenvalue weighted by Crippen LogP contribution is 2.15. The predicted octanol–water partition coefficient (Wildman–Crippen LogP) is 15.8. The molecule has 0 rings (SSSR count). The molecule has 0 aromatic rings. The Labute approximate surface area is 378 Å². The van der Waals surface area contributed by atoms with E-state index in [9.17, 15) is 19.8 Å². The number of rotatable bonds is 48. The molecule has 0 aliphatic carbocycles. The van der Waals surface area contributed by atoms with Crippen LogP contribution in [0.5, 0.6) is 0 Å². The first-order valence-electron chi connectivity index (χ1n) is 26.4. The molecule has 6 heteroatoms. The molecule has 2 unspecified atom stereocenters. The van der Waals surface area contributed by atoms with E-state index in [0.29, 0.717) is 19.4 Å².